The van der Waals surface area contributed by atoms with Crippen molar-refractivity contribution in [2.75, 3.05) is 18.8 Å². The summed E-state index contributed by atoms with van der Waals surface area (Å²) in [5.74, 6) is 0.0725. The molecule has 2 aliphatic heterocycles. The predicted octanol–water partition coefficient (Wildman–Crippen LogP) is -0.0361. The second-order valence-corrected chi connectivity index (χ2v) is 7.11. The number of rotatable bonds is 3. The molecule has 7 nitrogen and oxygen atoms in total. The molecule has 2 fully saturated rings. The molecule has 0 aliphatic carbocycles. The van der Waals surface area contributed by atoms with E-state index >= 15 is 0 Å². The van der Waals surface area contributed by atoms with Crippen LogP contribution in [0.25, 0.3) is 0 Å². The van der Waals surface area contributed by atoms with Crippen molar-refractivity contribution in [2.24, 2.45) is 0 Å². The van der Waals surface area contributed by atoms with Crippen molar-refractivity contribution in [3.63, 3.8) is 0 Å². The summed E-state index contributed by atoms with van der Waals surface area (Å²) >= 11 is 0. The van der Waals surface area contributed by atoms with Crippen molar-refractivity contribution >= 4 is 16.0 Å². The van der Waals surface area contributed by atoms with Gasteiger partial charge in [-0.2, -0.15) is 0 Å². The Kier molecular flexibility index (Phi) is 3.61. The van der Waals surface area contributed by atoms with Gasteiger partial charge in [0.05, 0.1) is 12.4 Å². The number of nitrogens with one attached hydrogen (secondary N) is 1. The monoisotopic (exact) mass is 297 g/mol. The van der Waals surface area contributed by atoms with Crippen LogP contribution in [0, 0.1) is 0 Å². The third-order valence-corrected chi connectivity index (χ3v) is 5.57. The van der Waals surface area contributed by atoms with Crippen LogP contribution in [0.5, 0.6) is 0 Å². The van der Waals surface area contributed by atoms with Crippen LogP contribution in [0.1, 0.15) is 25.7 Å². The molecule has 0 amide bonds. The van der Waals surface area contributed by atoms with Crippen molar-refractivity contribution in [1.29, 1.82) is 0 Å². The lowest BCUT2D eigenvalue weighted by Crippen LogP contribution is -2.46. The fourth-order valence-corrected chi connectivity index (χ4v) is 4.31. The molecule has 1 aromatic heterocycles. The Hall–Kier alpha value is -1.25. The molecule has 20 heavy (non-hydrogen) atoms. The fourth-order valence-electron chi connectivity index (χ4n) is 3.12. The van der Waals surface area contributed by atoms with Crippen LogP contribution < -0.4 is 10.5 Å². The Morgan fingerprint density at radius 2 is 1.95 bits per heavy atom. The minimum absolute atomic E-state index is 0.0159. The summed E-state index contributed by atoms with van der Waals surface area (Å²) in [4.78, 5) is 9.93. The highest BCUT2D eigenvalue weighted by Gasteiger charge is 2.37. The van der Waals surface area contributed by atoms with Gasteiger partial charge in [0.15, 0.2) is 0 Å². The molecule has 3 N–H and O–H groups in total. The highest BCUT2D eigenvalue weighted by Crippen LogP contribution is 2.28. The smallest absolute Gasteiger partial charge is 0.243 e. The SMILES string of the molecule is Nc1ncc(S(=O)(=O)NC2CCN3CCCCC23)cn1. The number of piperidine rings is 1. The van der Waals surface area contributed by atoms with Gasteiger partial charge in [0.25, 0.3) is 0 Å². The highest BCUT2D eigenvalue weighted by molar-refractivity contribution is 7.89. The van der Waals surface area contributed by atoms with Crippen LogP contribution in [0.2, 0.25) is 0 Å². The summed E-state index contributed by atoms with van der Waals surface area (Å²) in [5, 5.41) is 0. The van der Waals surface area contributed by atoms with Crippen molar-refractivity contribution in [2.45, 2.75) is 42.7 Å². The zero-order valence-corrected chi connectivity index (χ0v) is 12.0. The summed E-state index contributed by atoms with van der Waals surface area (Å²) in [6.45, 7) is 2.05. The molecule has 0 spiro atoms. The van der Waals surface area contributed by atoms with Crippen LogP contribution in [0.15, 0.2) is 17.3 Å². The maximum Gasteiger partial charge on any atom is 0.243 e. The first-order valence-corrected chi connectivity index (χ1v) is 8.38. The quantitative estimate of drug-likeness (QED) is 0.812. The molecule has 3 heterocycles. The van der Waals surface area contributed by atoms with Gasteiger partial charge in [-0.1, -0.05) is 6.42 Å². The number of nitrogens with two attached hydrogens (primary N) is 1. The maximum absolute atomic E-state index is 12.3. The lowest BCUT2D eigenvalue weighted by molar-refractivity contribution is 0.186. The third kappa shape index (κ3) is 2.63. The number of aromatic nitrogens is 2. The topological polar surface area (TPSA) is 101 Å². The minimum Gasteiger partial charge on any atom is -0.368 e. The molecule has 2 unspecified atom stereocenters. The molecular weight excluding hydrogens is 278 g/mol. The first-order chi connectivity index (χ1) is 9.56. The van der Waals surface area contributed by atoms with Crippen LogP contribution in [0.4, 0.5) is 5.95 Å². The van der Waals surface area contributed by atoms with E-state index in [0.717, 1.165) is 25.9 Å². The Balaban J connectivity index is 1.75. The van der Waals surface area contributed by atoms with E-state index in [2.05, 4.69) is 19.6 Å². The zero-order valence-electron chi connectivity index (χ0n) is 11.2. The molecule has 1 aromatic rings. The Morgan fingerprint density at radius 1 is 1.20 bits per heavy atom. The van der Waals surface area contributed by atoms with E-state index < -0.39 is 10.0 Å². The van der Waals surface area contributed by atoms with Gasteiger partial charge in [-0.05, 0) is 25.8 Å². The number of anilines is 1. The summed E-state index contributed by atoms with van der Waals surface area (Å²) in [6, 6.07) is 0.311. The first-order valence-electron chi connectivity index (χ1n) is 6.90. The zero-order chi connectivity index (χ0) is 14.2. The predicted molar refractivity (Wildman–Crippen MR) is 74.4 cm³/mol. The molecule has 0 bridgehead atoms. The van der Waals surface area contributed by atoms with E-state index in [1.165, 1.54) is 25.2 Å². The summed E-state index contributed by atoms with van der Waals surface area (Å²) in [7, 11) is -3.57. The van der Waals surface area contributed by atoms with Crippen LogP contribution in [-0.4, -0.2) is 48.5 Å². The summed E-state index contributed by atoms with van der Waals surface area (Å²) < 4.78 is 27.4. The van der Waals surface area contributed by atoms with Crippen molar-refractivity contribution in [3.05, 3.63) is 12.4 Å². The molecule has 0 radical (unpaired) electrons. The van der Waals surface area contributed by atoms with Gasteiger partial charge in [0.2, 0.25) is 16.0 Å². The lowest BCUT2D eigenvalue weighted by atomic mass is 10.00. The van der Waals surface area contributed by atoms with Crippen LogP contribution in [-0.2, 0) is 10.0 Å². The van der Waals surface area contributed by atoms with Gasteiger partial charge < -0.3 is 5.73 Å². The number of nitrogens with zero attached hydrogens (tertiary/aromatic N) is 3. The lowest BCUT2D eigenvalue weighted by Gasteiger charge is -2.32. The Morgan fingerprint density at radius 3 is 2.70 bits per heavy atom. The average molecular weight is 297 g/mol. The van der Waals surface area contributed by atoms with Gasteiger partial charge in [0, 0.05) is 18.6 Å². The van der Waals surface area contributed by atoms with Crippen molar-refractivity contribution < 1.29 is 8.42 Å². The van der Waals surface area contributed by atoms with E-state index in [-0.39, 0.29) is 16.9 Å². The molecule has 110 valence electrons. The van der Waals surface area contributed by atoms with E-state index in [1.807, 2.05) is 0 Å². The normalized spacial score (nSPS) is 27.4. The summed E-state index contributed by atoms with van der Waals surface area (Å²) in [6.07, 6.45) is 6.80. The van der Waals surface area contributed by atoms with Gasteiger partial charge in [-0.3, -0.25) is 4.90 Å². The molecule has 0 aromatic carbocycles. The second kappa shape index (κ2) is 5.27. The third-order valence-electron chi connectivity index (χ3n) is 4.12. The maximum atomic E-state index is 12.3. The van der Waals surface area contributed by atoms with Gasteiger partial charge in [0.1, 0.15) is 4.90 Å². The molecule has 2 aliphatic rings. The molecule has 2 saturated heterocycles. The second-order valence-electron chi connectivity index (χ2n) is 5.39. The van der Waals surface area contributed by atoms with Crippen molar-refractivity contribution in [3.8, 4) is 0 Å². The summed E-state index contributed by atoms with van der Waals surface area (Å²) in [5.41, 5.74) is 5.38. The van der Waals surface area contributed by atoms with E-state index in [0.29, 0.717) is 6.04 Å². The van der Waals surface area contributed by atoms with E-state index in [4.69, 9.17) is 5.73 Å². The largest absolute Gasteiger partial charge is 0.368 e. The van der Waals surface area contributed by atoms with Crippen molar-refractivity contribution in [1.82, 2.24) is 19.6 Å². The van der Waals surface area contributed by atoms with Crippen LogP contribution >= 0.6 is 0 Å². The Labute approximate surface area is 118 Å². The molecule has 2 atom stereocenters. The number of sulfonamides is 1. The van der Waals surface area contributed by atoms with Gasteiger partial charge in [-0.25, -0.2) is 23.1 Å². The number of fused-ring (bicyclic) bond motifs is 1. The van der Waals surface area contributed by atoms with E-state index in [1.54, 1.807) is 0 Å². The average Bonchev–Trinajstić information content (AvgIpc) is 2.82. The Bertz CT molecular complexity index is 574. The fraction of sp³-hybridized carbons (Fsp3) is 0.667. The molecule has 8 heteroatoms. The number of hydrogen-bond donors (Lipinski definition) is 2. The standard InChI is InChI=1S/C12H19N5O2S/c13-12-14-7-9(8-15-12)20(18,19)16-10-4-6-17-5-2-1-3-11(10)17/h7-8,10-11,16H,1-6H2,(H2,13,14,15). The van der Waals surface area contributed by atoms with Gasteiger partial charge in [-0.15, -0.1) is 0 Å². The minimum atomic E-state index is -3.57. The molecular formula is C12H19N5O2S. The van der Waals surface area contributed by atoms with Crippen LogP contribution in [0.3, 0.4) is 0 Å². The first kappa shape index (κ1) is 13.7. The number of nitrogen functional groups attached to an aromatic ring is 1. The molecule has 0 saturated carbocycles. The number of hydrogen-bond acceptors (Lipinski definition) is 6. The highest BCUT2D eigenvalue weighted by atomic mass is 32.2. The van der Waals surface area contributed by atoms with E-state index in [9.17, 15) is 8.42 Å². The molecule has 3 rings (SSSR count). The van der Waals surface area contributed by atoms with Gasteiger partial charge >= 0.3 is 0 Å².